The Labute approximate surface area is 130 Å². The molecule has 0 aliphatic carbocycles. The Bertz CT molecular complexity index is 933. The third-order valence-electron chi connectivity index (χ3n) is 4.24. The summed E-state index contributed by atoms with van der Waals surface area (Å²) in [6, 6.07) is 13.9. The first-order valence-electron chi connectivity index (χ1n) is 7.41. The van der Waals surface area contributed by atoms with Crippen LogP contribution in [0.2, 0.25) is 0 Å². The molecule has 0 spiro atoms. The molecule has 0 saturated carbocycles. The van der Waals surface area contributed by atoms with E-state index in [2.05, 4.69) is 15.6 Å². The van der Waals surface area contributed by atoms with Gasteiger partial charge in [0.25, 0.3) is 0 Å². The maximum atomic E-state index is 11.1. The Kier molecular flexibility index (Phi) is 3.22. The van der Waals surface area contributed by atoms with Gasteiger partial charge in [0.2, 0.25) is 0 Å². The SMILES string of the molecule is O=[SH](=O)Cc1ccccc1-c1ccc2nc3n(c2c1)CCC3. The standard InChI is InChI=1S/C17H16N2O2S/c20-22(21)11-13-4-1-2-5-14(13)12-7-8-15-16(10-12)19-9-3-6-17(19)18-15/h1-2,4-5,7-8,10,22H,3,6,9,11H2. The third kappa shape index (κ3) is 2.22. The quantitative estimate of drug-likeness (QED) is 0.757. The average molecular weight is 312 g/mol. The molecule has 0 amide bonds. The van der Waals surface area contributed by atoms with Crippen molar-refractivity contribution < 1.29 is 8.42 Å². The van der Waals surface area contributed by atoms with Crippen LogP contribution in [0.1, 0.15) is 17.8 Å². The summed E-state index contributed by atoms with van der Waals surface area (Å²) in [5.74, 6) is 1.23. The van der Waals surface area contributed by atoms with Crippen molar-refractivity contribution in [1.29, 1.82) is 0 Å². The van der Waals surface area contributed by atoms with Gasteiger partial charge in [0.1, 0.15) is 16.5 Å². The van der Waals surface area contributed by atoms with E-state index in [1.807, 2.05) is 36.4 Å². The Morgan fingerprint density at radius 1 is 1.14 bits per heavy atom. The van der Waals surface area contributed by atoms with Crippen LogP contribution in [-0.4, -0.2) is 18.0 Å². The van der Waals surface area contributed by atoms with Crippen molar-refractivity contribution in [2.75, 3.05) is 0 Å². The van der Waals surface area contributed by atoms with Crippen LogP contribution in [0.5, 0.6) is 0 Å². The molecule has 5 heteroatoms. The van der Waals surface area contributed by atoms with Crippen molar-refractivity contribution in [1.82, 2.24) is 9.55 Å². The Morgan fingerprint density at radius 2 is 2.00 bits per heavy atom. The monoisotopic (exact) mass is 312 g/mol. The molecule has 0 atom stereocenters. The Morgan fingerprint density at radius 3 is 2.86 bits per heavy atom. The van der Waals surface area contributed by atoms with Gasteiger partial charge in [-0.25, -0.2) is 13.4 Å². The molecule has 1 aromatic heterocycles. The fourth-order valence-corrected chi connectivity index (χ4v) is 3.81. The van der Waals surface area contributed by atoms with Crippen molar-refractivity contribution in [3.8, 4) is 11.1 Å². The molecule has 0 unspecified atom stereocenters. The lowest BCUT2D eigenvalue weighted by atomic mass is 10.0. The number of hydrogen-bond acceptors (Lipinski definition) is 3. The summed E-state index contributed by atoms with van der Waals surface area (Å²) < 4.78 is 24.5. The van der Waals surface area contributed by atoms with Crippen molar-refractivity contribution in [3.05, 3.63) is 53.9 Å². The van der Waals surface area contributed by atoms with Crippen LogP contribution in [0, 0.1) is 0 Å². The van der Waals surface area contributed by atoms with Crippen LogP contribution >= 0.6 is 0 Å². The topological polar surface area (TPSA) is 52.0 Å². The van der Waals surface area contributed by atoms with E-state index in [0.717, 1.165) is 52.9 Å². The minimum Gasteiger partial charge on any atom is -0.328 e. The first-order valence-corrected chi connectivity index (χ1v) is 8.78. The van der Waals surface area contributed by atoms with Crippen molar-refractivity contribution in [3.63, 3.8) is 0 Å². The van der Waals surface area contributed by atoms with Gasteiger partial charge < -0.3 is 4.57 Å². The summed E-state index contributed by atoms with van der Waals surface area (Å²) in [7, 11) is -2.43. The molecule has 22 heavy (non-hydrogen) atoms. The predicted molar refractivity (Wildman–Crippen MR) is 87.5 cm³/mol. The minimum absolute atomic E-state index is 0.0774. The van der Waals surface area contributed by atoms with Crippen LogP contribution < -0.4 is 0 Å². The molecule has 2 heterocycles. The molecule has 0 saturated heterocycles. The van der Waals surface area contributed by atoms with E-state index < -0.39 is 10.7 Å². The number of fused-ring (bicyclic) bond motifs is 3. The van der Waals surface area contributed by atoms with Gasteiger partial charge in [0, 0.05) is 13.0 Å². The van der Waals surface area contributed by atoms with E-state index in [1.165, 1.54) is 0 Å². The highest BCUT2D eigenvalue weighted by Gasteiger charge is 2.16. The second-order valence-corrected chi connectivity index (χ2v) is 6.62. The zero-order chi connectivity index (χ0) is 15.1. The van der Waals surface area contributed by atoms with Gasteiger partial charge in [-0.1, -0.05) is 30.3 Å². The first-order chi connectivity index (χ1) is 10.7. The molecule has 0 fully saturated rings. The highest BCUT2D eigenvalue weighted by atomic mass is 32.2. The van der Waals surface area contributed by atoms with Gasteiger partial charge in [-0.3, -0.25) is 0 Å². The lowest BCUT2D eigenvalue weighted by Gasteiger charge is -2.08. The zero-order valence-electron chi connectivity index (χ0n) is 12.0. The molecular formula is C17H16N2O2S. The molecule has 4 rings (SSSR count). The molecule has 0 radical (unpaired) electrons. The smallest absolute Gasteiger partial charge is 0.144 e. The van der Waals surface area contributed by atoms with Gasteiger partial charge in [0.05, 0.1) is 16.8 Å². The predicted octanol–water partition coefficient (Wildman–Crippen LogP) is 2.76. The van der Waals surface area contributed by atoms with Gasteiger partial charge in [-0.05, 0) is 35.2 Å². The Hall–Kier alpha value is -2.14. The van der Waals surface area contributed by atoms with Crippen molar-refractivity contribution >= 4 is 21.7 Å². The lowest BCUT2D eigenvalue weighted by Crippen LogP contribution is -1.93. The first kappa shape index (κ1) is 13.5. The molecule has 4 nitrogen and oxygen atoms in total. The van der Waals surface area contributed by atoms with Crippen LogP contribution in [0.3, 0.4) is 0 Å². The number of aryl methyl sites for hydroxylation is 2. The number of aromatic nitrogens is 2. The van der Waals surface area contributed by atoms with Gasteiger partial charge in [-0.2, -0.15) is 0 Å². The minimum atomic E-state index is -2.43. The van der Waals surface area contributed by atoms with Crippen LogP contribution in [-0.2, 0) is 29.4 Å². The van der Waals surface area contributed by atoms with E-state index in [1.54, 1.807) is 0 Å². The summed E-state index contributed by atoms with van der Waals surface area (Å²) in [6.45, 7) is 1.02. The van der Waals surface area contributed by atoms with Gasteiger partial charge in [-0.15, -0.1) is 0 Å². The van der Waals surface area contributed by atoms with E-state index in [4.69, 9.17) is 0 Å². The van der Waals surface area contributed by atoms with E-state index in [9.17, 15) is 8.42 Å². The van der Waals surface area contributed by atoms with E-state index in [-0.39, 0.29) is 5.75 Å². The van der Waals surface area contributed by atoms with Crippen LogP contribution in [0.25, 0.3) is 22.2 Å². The zero-order valence-corrected chi connectivity index (χ0v) is 12.9. The highest BCUT2D eigenvalue weighted by Crippen LogP contribution is 2.30. The summed E-state index contributed by atoms with van der Waals surface area (Å²) >= 11 is 0. The average Bonchev–Trinajstić information content (AvgIpc) is 3.07. The Balaban J connectivity index is 1.88. The number of thiol groups is 1. The van der Waals surface area contributed by atoms with Gasteiger partial charge in [0.15, 0.2) is 0 Å². The van der Waals surface area contributed by atoms with E-state index in [0.29, 0.717) is 0 Å². The maximum Gasteiger partial charge on any atom is 0.144 e. The molecule has 0 N–H and O–H groups in total. The third-order valence-corrected chi connectivity index (χ3v) is 4.84. The second kappa shape index (κ2) is 5.25. The fourth-order valence-electron chi connectivity index (χ4n) is 3.25. The number of rotatable bonds is 3. The van der Waals surface area contributed by atoms with Gasteiger partial charge >= 0.3 is 0 Å². The second-order valence-electron chi connectivity index (χ2n) is 5.63. The van der Waals surface area contributed by atoms with Crippen molar-refractivity contribution in [2.45, 2.75) is 25.1 Å². The number of hydrogen-bond donors (Lipinski definition) is 1. The normalized spacial score (nSPS) is 13.9. The molecule has 3 aromatic rings. The number of nitrogens with zero attached hydrogens (tertiary/aromatic N) is 2. The summed E-state index contributed by atoms with van der Waals surface area (Å²) in [5, 5.41) is 0. The molecule has 1 aliphatic rings. The number of imidazole rings is 1. The van der Waals surface area contributed by atoms with Crippen LogP contribution in [0.15, 0.2) is 42.5 Å². The highest BCUT2D eigenvalue weighted by molar-refractivity contribution is 7.71. The molecular weight excluding hydrogens is 296 g/mol. The molecule has 112 valence electrons. The maximum absolute atomic E-state index is 11.1. The lowest BCUT2D eigenvalue weighted by molar-refractivity contribution is 0.614. The molecule has 2 aromatic carbocycles. The van der Waals surface area contributed by atoms with Crippen molar-refractivity contribution in [2.24, 2.45) is 0 Å². The fraction of sp³-hybridized carbons (Fsp3) is 0.235. The number of benzene rings is 2. The molecule has 1 aliphatic heterocycles. The summed E-state index contributed by atoms with van der Waals surface area (Å²) in [4.78, 5) is 4.67. The largest absolute Gasteiger partial charge is 0.328 e. The van der Waals surface area contributed by atoms with E-state index >= 15 is 0 Å². The van der Waals surface area contributed by atoms with Crippen LogP contribution in [0.4, 0.5) is 0 Å². The summed E-state index contributed by atoms with van der Waals surface area (Å²) in [5.41, 5.74) is 5.04. The molecule has 0 bridgehead atoms. The summed E-state index contributed by atoms with van der Waals surface area (Å²) in [6.07, 6.45) is 2.19.